The van der Waals surface area contributed by atoms with E-state index in [1.165, 1.54) is 6.07 Å². The van der Waals surface area contributed by atoms with Crippen LogP contribution in [0.2, 0.25) is 0 Å². The molecule has 0 saturated heterocycles. The molecular weight excluding hydrogens is 268 g/mol. The summed E-state index contributed by atoms with van der Waals surface area (Å²) in [6.45, 7) is -0.332. The number of hydrogen-bond acceptors (Lipinski definition) is 2. The summed E-state index contributed by atoms with van der Waals surface area (Å²) in [5, 5.41) is 4.11. The lowest BCUT2D eigenvalue weighted by Crippen LogP contribution is -2.34. The van der Waals surface area contributed by atoms with Crippen LogP contribution in [0.5, 0.6) is 5.75 Å². The van der Waals surface area contributed by atoms with E-state index in [4.69, 9.17) is 4.74 Å². The van der Waals surface area contributed by atoms with Crippen LogP contribution in [0, 0.1) is 6.92 Å². The van der Waals surface area contributed by atoms with Gasteiger partial charge in [0.15, 0.2) is 0 Å². The van der Waals surface area contributed by atoms with Crippen LogP contribution in [0.4, 0.5) is 12.9 Å². The highest BCUT2D eigenvalue weighted by Crippen LogP contribution is 2.20. The van der Waals surface area contributed by atoms with Crippen molar-refractivity contribution >= 4 is 12.4 Å². The summed E-state index contributed by atoms with van der Waals surface area (Å²) >= 11 is 0. The predicted octanol–water partition coefficient (Wildman–Crippen LogP) is 2.84. The SMILES string of the molecule is CCn1cc(COc2ccc([B-](F)(F)F)cc2C)cn1. The van der Waals surface area contributed by atoms with Crippen LogP contribution >= 0.6 is 0 Å². The molecule has 0 radical (unpaired) electrons. The highest BCUT2D eigenvalue weighted by atomic mass is 19.4. The molecule has 20 heavy (non-hydrogen) atoms. The van der Waals surface area contributed by atoms with E-state index in [2.05, 4.69) is 5.10 Å². The van der Waals surface area contributed by atoms with Crippen molar-refractivity contribution in [3.05, 3.63) is 41.7 Å². The van der Waals surface area contributed by atoms with Crippen LogP contribution in [0.1, 0.15) is 18.1 Å². The molecule has 0 N–H and O–H groups in total. The van der Waals surface area contributed by atoms with Gasteiger partial charge in [0.05, 0.1) is 6.20 Å². The predicted molar refractivity (Wildman–Crippen MR) is 72.1 cm³/mol. The number of rotatable bonds is 5. The van der Waals surface area contributed by atoms with Gasteiger partial charge in [0.25, 0.3) is 0 Å². The number of aryl methyl sites for hydroxylation is 2. The second-order valence-corrected chi connectivity index (χ2v) is 4.59. The van der Waals surface area contributed by atoms with Crippen molar-refractivity contribution in [2.24, 2.45) is 0 Å². The Morgan fingerprint density at radius 3 is 2.60 bits per heavy atom. The number of hydrogen-bond donors (Lipinski definition) is 0. The third-order valence-electron chi connectivity index (χ3n) is 2.98. The molecule has 1 heterocycles. The molecule has 0 spiro atoms. The van der Waals surface area contributed by atoms with E-state index in [9.17, 15) is 12.9 Å². The first-order valence-corrected chi connectivity index (χ1v) is 6.34. The molecule has 3 nitrogen and oxygen atoms in total. The summed E-state index contributed by atoms with van der Waals surface area (Å²) in [5.74, 6) is 0.457. The highest BCUT2D eigenvalue weighted by Gasteiger charge is 2.25. The Labute approximate surface area is 115 Å². The molecule has 1 aromatic carbocycles. The van der Waals surface area contributed by atoms with E-state index in [1.807, 2.05) is 13.1 Å². The first-order chi connectivity index (χ1) is 9.40. The van der Waals surface area contributed by atoms with Crippen molar-refractivity contribution in [2.45, 2.75) is 27.0 Å². The van der Waals surface area contributed by atoms with E-state index in [0.29, 0.717) is 11.3 Å². The molecule has 0 bridgehead atoms. The molecule has 0 saturated carbocycles. The van der Waals surface area contributed by atoms with Gasteiger partial charge in [0, 0.05) is 18.3 Å². The molecule has 1 aromatic heterocycles. The van der Waals surface area contributed by atoms with Crippen LogP contribution in [0.25, 0.3) is 0 Å². The summed E-state index contributed by atoms with van der Waals surface area (Å²) < 4.78 is 45.1. The van der Waals surface area contributed by atoms with E-state index in [0.717, 1.165) is 24.2 Å². The zero-order valence-electron chi connectivity index (χ0n) is 11.3. The fraction of sp³-hybridized carbons (Fsp3) is 0.308. The highest BCUT2D eigenvalue weighted by molar-refractivity contribution is 6.73. The average molecular weight is 283 g/mol. The second kappa shape index (κ2) is 5.60. The minimum atomic E-state index is -4.97. The lowest BCUT2D eigenvalue weighted by molar-refractivity contribution is 0.304. The number of halogens is 3. The van der Waals surface area contributed by atoms with E-state index in [1.54, 1.807) is 17.8 Å². The monoisotopic (exact) mass is 283 g/mol. The third-order valence-corrected chi connectivity index (χ3v) is 2.98. The summed E-state index contributed by atoms with van der Waals surface area (Å²) in [6.07, 6.45) is 3.54. The third kappa shape index (κ3) is 3.34. The fourth-order valence-corrected chi connectivity index (χ4v) is 1.85. The van der Waals surface area contributed by atoms with Gasteiger partial charge in [-0.1, -0.05) is 12.1 Å². The minimum Gasteiger partial charge on any atom is -0.489 e. The van der Waals surface area contributed by atoms with Crippen LogP contribution in [0.3, 0.4) is 0 Å². The molecule has 0 atom stereocenters. The largest absolute Gasteiger partial charge is 0.509 e. The lowest BCUT2D eigenvalue weighted by Gasteiger charge is -2.17. The van der Waals surface area contributed by atoms with Crippen molar-refractivity contribution in [3.8, 4) is 5.75 Å². The van der Waals surface area contributed by atoms with Gasteiger partial charge in [-0.25, -0.2) is 0 Å². The summed E-state index contributed by atoms with van der Waals surface area (Å²) in [7, 11) is 0. The van der Waals surface area contributed by atoms with Gasteiger partial charge in [0.1, 0.15) is 12.4 Å². The molecule has 0 aliphatic carbocycles. The maximum absolute atomic E-state index is 12.6. The van der Waals surface area contributed by atoms with Crippen molar-refractivity contribution < 1.29 is 17.7 Å². The zero-order valence-corrected chi connectivity index (χ0v) is 11.3. The molecular formula is C13H15BF3N2O-. The minimum absolute atomic E-state index is 0.289. The molecule has 0 aliphatic heterocycles. The zero-order chi connectivity index (χ0) is 14.8. The maximum Gasteiger partial charge on any atom is 0.509 e. The van der Waals surface area contributed by atoms with Gasteiger partial charge in [-0.3, -0.25) is 4.68 Å². The molecule has 0 aliphatic rings. The van der Waals surface area contributed by atoms with Crippen molar-refractivity contribution in [2.75, 3.05) is 0 Å². The Morgan fingerprint density at radius 2 is 2.05 bits per heavy atom. The molecule has 0 unspecified atom stereocenters. The molecule has 2 aromatic rings. The van der Waals surface area contributed by atoms with E-state index in [-0.39, 0.29) is 6.61 Å². The molecule has 108 valence electrons. The first-order valence-electron chi connectivity index (χ1n) is 6.34. The van der Waals surface area contributed by atoms with Crippen LogP contribution in [-0.4, -0.2) is 16.8 Å². The average Bonchev–Trinajstić information content (AvgIpc) is 2.84. The van der Waals surface area contributed by atoms with E-state index >= 15 is 0 Å². The van der Waals surface area contributed by atoms with Gasteiger partial charge in [-0.15, -0.1) is 5.46 Å². The Balaban J connectivity index is 2.06. The maximum atomic E-state index is 12.6. The first kappa shape index (κ1) is 14.5. The smallest absolute Gasteiger partial charge is 0.489 e. The van der Waals surface area contributed by atoms with Gasteiger partial charge < -0.3 is 17.7 Å². The second-order valence-electron chi connectivity index (χ2n) is 4.59. The normalized spacial score (nSPS) is 11.7. The number of nitrogens with zero attached hydrogens (tertiary/aromatic N) is 2. The number of aromatic nitrogens is 2. The van der Waals surface area contributed by atoms with E-state index < -0.39 is 12.4 Å². The standard InChI is InChI=1S/C13H15BF3N2O/c1-3-19-8-11(7-18-19)9-20-13-5-4-12(6-10(13)2)14(15,16)17/h4-8H,3,9H2,1-2H3/q-1. The fourth-order valence-electron chi connectivity index (χ4n) is 1.85. The number of benzene rings is 1. The Bertz CT molecular complexity index is 596. The van der Waals surface area contributed by atoms with Crippen molar-refractivity contribution in [1.29, 1.82) is 0 Å². The molecule has 0 amide bonds. The van der Waals surface area contributed by atoms with Gasteiger partial charge in [-0.05, 0) is 25.5 Å². The number of ether oxygens (including phenoxy) is 1. The Kier molecular flexibility index (Phi) is 4.06. The van der Waals surface area contributed by atoms with Crippen LogP contribution < -0.4 is 10.2 Å². The lowest BCUT2D eigenvalue weighted by atomic mass is 9.79. The quantitative estimate of drug-likeness (QED) is 0.789. The van der Waals surface area contributed by atoms with Crippen molar-refractivity contribution in [3.63, 3.8) is 0 Å². The molecule has 2 rings (SSSR count). The summed E-state index contributed by atoms with van der Waals surface area (Å²) in [4.78, 5) is 0. The molecule has 0 fully saturated rings. The Morgan fingerprint density at radius 1 is 1.30 bits per heavy atom. The van der Waals surface area contributed by atoms with Gasteiger partial charge in [-0.2, -0.15) is 5.10 Å². The Hall–Kier alpha value is -1.92. The van der Waals surface area contributed by atoms with Crippen LogP contribution in [0.15, 0.2) is 30.6 Å². The van der Waals surface area contributed by atoms with Crippen LogP contribution in [-0.2, 0) is 13.2 Å². The summed E-state index contributed by atoms with van der Waals surface area (Å²) in [5.41, 5.74) is 0.758. The molecule has 7 heteroatoms. The van der Waals surface area contributed by atoms with Gasteiger partial charge in [0.2, 0.25) is 0 Å². The topological polar surface area (TPSA) is 27.1 Å². The van der Waals surface area contributed by atoms with Gasteiger partial charge >= 0.3 is 6.98 Å². The van der Waals surface area contributed by atoms with Crippen molar-refractivity contribution in [1.82, 2.24) is 9.78 Å². The summed E-state index contributed by atoms with van der Waals surface area (Å²) in [6, 6.07) is 3.53.